The van der Waals surface area contributed by atoms with Crippen molar-refractivity contribution < 1.29 is 0 Å². The number of nitrogens with zero attached hydrogens (tertiary/aromatic N) is 1. The third kappa shape index (κ3) is 1.31. The summed E-state index contributed by atoms with van der Waals surface area (Å²) in [5, 5.41) is 0. The Labute approximate surface area is 74.6 Å². The Morgan fingerprint density at radius 2 is 2.08 bits per heavy atom. The first-order chi connectivity index (χ1) is 5.77. The van der Waals surface area contributed by atoms with Crippen LogP contribution in [0.15, 0.2) is 18.0 Å². The van der Waals surface area contributed by atoms with Gasteiger partial charge in [0.25, 0.3) is 0 Å². The molecule has 12 heavy (non-hydrogen) atoms. The van der Waals surface area contributed by atoms with E-state index in [9.17, 15) is 0 Å². The average Bonchev–Trinajstić information content (AvgIpc) is 2.46. The summed E-state index contributed by atoms with van der Waals surface area (Å²) in [6.45, 7) is 8.90. The van der Waals surface area contributed by atoms with E-state index in [0.29, 0.717) is 6.04 Å². The molecule has 1 aromatic rings. The quantitative estimate of drug-likeness (QED) is 0.603. The number of rotatable bonds is 1. The van der Waals surface area contributed by atoms with E-state index in [-0.39, 0.29) is 0 Å². The Morgan fingerprint density at radius 1 is 1.33 bits per heavy atom. The van der Waals surface area contributed by atoms with E-state index in [4.69, 9.17) is 0 Å². The predicted octanol–water partition coefficient (Wildman–Crippen LogP) is 1.75. The fourth-order valence-corrected chi connectivity index (χ4v) is 1.72. The van der Waals surface area contributed by atoms with Crippen molar-refractivity contribution in [3.8, 4) is 0 Å². The zero-order chi connectivity index (χ0) is 8.55. The van der Waals surface area contributed by atoms with Crippen molar-refractivity contribution in [2.24, 2.45) is 0 Å². The first-order valence-electron chi connectivity index (χ1n) is 4.58. The first-order valence-corrected chi connectivity index (χ1v) is 4.58. The number of hydrogen-bond donors (Lipinski definition) is 0. The molecule has 0 saturated heterocycles. The fraction of sp³-hybridized carbons (Fsp3) is 0.500. The van der Waals surface area contributed by atoms with Gasteiger partial charge in [0.2, 0.25) is 0 Å². The molecule has 0 radical (unpaired) electrons. The van der Waals surface area contributed by atoms with Gasteiger partial charge in [-0.15, -0.1) is 0 Å². The minimum absolute atomic E-state index is 0.664. The van der Waals surface area contributed by atoms with Gasteiger partial charge in [-0.2, -0.15) is 0 Å². The topological polar surface area (TPSA) is 3.24 Å². The van der Waals surface area contributed by atoms with Crippen LogP contribution in [0.5, 0.6) is 0 Å². The Balaban J connectivity index is 2.22. The third-order valence-corrected chi connectivity index (χ3v) is 2.60. The summed E-state index contributed by atoms with van der Waals surface area (Å²) >= 11 is 0. The fourth-order valence-electron chi connectivity index (χ4n) is 1.72. The van der Waals surface area contributed by atoms with Crippen LogP contribution in [0.25, 0.3) is 0 Å². The van der Waals surface area contributed by atoms with Crippen LogP contribution in [0.4, 0.5) is 0 Å². The maximum atomic E-state index is 2.49. The van der Waals surface area contributed by atoms with E-state index in [0.717, 1.165) is 13.1 Å². The Hall–Kier alpha value is -0.625. The molecule has 0 bridgehead atoms. The van der Waals surface area contributed by atoms with E-state index >= 15 is 0 Å². The van der Waals surface area contributed by atoms with Gasteiger partial charge >= 0.3 is 73.9 Å². The molecule has 0 fully saturated rings. The standard InChI is InChI=1S/C10H14BN/c1-8(2)12-6-9-3-4-11-5-10(9)7-12/h3-5,8H,6-7H2,1-2H3. The number of fused-ring (bicyclic) bond motifs is 1. The zero-order valence-corrected chi connectivity index (χ0v) is 7.75. The first kappa shape index (κ1) is 8.00. The van der Waals surface area contributed by atoms with E-state index in [1.807, 2.05) is 0 Å². The Kier molecular flexibility index (Phi) is 2.01. The van der Waals surface area contributed by atoms with Gasteiger partial charge in [0.05, 0.1) is 0 Å². The molecular weight excluding hydrogens is 145 g/mol. The van der Waals surface area contributed by atoms with Gasteiger partial charge in [0, 0.05) is 0 Å². The van der Waals surface area contributed by atoms with Crippen molar-refractivity contribution in [3.63, 3.8) is 0 Å². The second-order valence-corrected chi connectivity index (χ2v) is 3.77. The van der Waals surface area contributed by atoms with E-state index < -0.39 is 0 Å². The van der Waals surface area contributed by atoms with Crippen LogP contribution >= 0.6 is 0 Å². The van der Waals surface area contributed by atoms with Crippen LogP contribution in [0, 0.1) is 0 Å². The van der Waals surface area contributed by atoms with Crippen LogP contribution in [0.1, 0.15) is 25.0 Å². The molecule has 0 N–H and O–H groups in total. The van der Waals surface area contributed by atoms with Crippen molar-refractivity contribution in [2.75, 3.05) is 0 Å². The van der Waals surface area contributed by atoms with Crippen molar-refractivity contribution in [2.45, 2.75) is 33.0 Å². The van der Waals surface area contributed by atoms with Crippen molar-refractivity contribution in [1.29, 1.82) is 0 Å². The van der Waals surface area contributed by atoms with Crippen molar-refractivity contribution in [1.82, 2.24) is 4.90 Å². The second kappa shape index (κ2) is 3.02. The molecule has 1 aromatic heterocycles. The van der Waals surface area contributed by atoms with Gasteiger partial charge in [-0.05, 0) is 0 Å². The third-order valence-electron chi connectivity index (χ3n) is 2.60. The molecular formula is C10H14BN. The SMILES string of the molecule is CC(C)N1Cc2cbccc2C1. The van der Waals surface area contributed by atoms with Gasteiger partial charge in [0.15, 0.2) is 0 Å². The minimum atomic E-state index is 0.664. The maximum absolute atomic E-state index is 2.49. The second-order valence-electron chi connectivity index (χ2n) is 3.77. The van der Waals surface area contributed by atoms with Gasteiger partial charge in [0.1, 0.15) is 0 Å². The van der Waals surface area contributed by atoms with Gasteiger partial charge < -0.3 is 0 Å². The van der Waals surface area contributed by atoms with E-state index in [1.165, 1.54) is 11.1 Å². The Morgan fingerprint density at radius 3 is 2.75 bits per heavy atom. The summed E-state index contributed by atoms with van der Waals surface area (Å²) in [4.78, 5) is 2.49. The predicted molar refractivity (Wildman–Crippen MR) is 52.2 cm³/mol. The summed E-state index contributed by atoms with van der Waals surface area (Å²) in [5.74, 6) is 4.36. The Bertz CT molecular complexity index is 258. The van der Waals surface area contributed by atoms with Crippen molar-refractivity contribution >= 4 is 6.91 Å². The molecule has 0 saturated carbocycles. The van der Waals surface area contributed by atoms with Crippen LogP contribution in [-0.4, -0.2) is 17.9 Å². The summed E-state index contributed by atoms with van der Waals surface area (Å²) in [6, 6.07) is 2.90. The molecule has 0 aliphatic carbocycles. The molecule has 2 heteroatoms. The van der Waals surface area contributed by atoms with Crippen LogP contribution in [-0.2, 0) is 13.1 Å². The molecule has 1 aliphatic heterocycles. The molecule has 62 valence electrons. The zero-order valence-electron chi connectivity index (χ0n) is 7.75. The average molecular weight is 159 g/mol. The summed E-state index contributed by atoms with van der Waals surface area (Å²) in [6.07, 6.45) is 0. The molecule has 0 unspecified atom stereocenters. The van der Waals surface area contributed by atoms with Gasteiger partial charge in [-0.25, -0.2) is 0 Å². The van der Waals surface area contributed by atoms with Gasteiger partial charge in [-0.3, -0.25) is 0 Å². The van der Waals surface area contributed by atoms with E-state index in [1.54, 1.807) is 0 Å². The summed E-state index contributed by atoms with van der Waals surface area (Å²) < 4.78 is 0. The molecule has 0 atom stereocenters. The van der Waals surface area contributed by atoms with Crippen LogP contribution < -0.4 is 0 Å². The molecule has 0 aromatic carbocycles. The summed E-state index contributed by atoms with van der Waals surface area (Å²) in [5.41, 5.74) is 3.01. The van der Waals surface area contributed by atoms with Crippen LogP contribution in [0.3, 0.4) is 0 Å². The van der Waals surface area contributed by atoms with E-state index in [2.05, 4.69) is 43.6 Å². The van der Waals surface area contributed by atoms with Gasteiger partial charge in [-0.1, -0.05) is 0 Å². The molecule has 2 rings (SSSR count). The number of hydrogen-bond acceptors (Lipinski definition) is 1. The monoisotopic (exact) mass is 159 g/mol. The molecule has 0 amide bonds. The molecule has 1 aliphatic rings. The van der Waals surface area contributed by atoms with Crippen LogP contribution in [0.2, 0.25) is 0 Å². The molecule has 1 nitrogen and oxygen atoms in total. The molecule has 0 spiro atoms. The normalized spacial score (nSPS) is 16.6. The molecule has 2 heterocycles. The van der Waals surface area contributed by atoms with Crippen molar-refractivity contribution in [3.05, 3.63) is 29.1 Å². The summed E-state index contributed by atoms with van der Waals surface area (Å²) in [7, 11) is 0.